The second kappa shape index (κ2) is 7.52. The van der Waals surface area contributed by atoms with E-state index in [1.165, 1.54) is 20.3 Å². The number of aliphatic hydroxyl groups is 1. The summed E-state index contributed by atoms with van der Waals surface area (Å²) in [5, 5.41) is 9.63. The van der Waals surface area contributed by atoms with Crippen molar-refractivity contribution in [2.75, 3.05) is 0 Å². The topological polar surface area (TPSA) is 80.4 Å². The van der Waals surface area contributed by atoms with E-state index in [2.05, 4.69) is 0 Å². The van der Waals surface area contributed by atoms with Crippen LogP contribution in [0, 0.1) is 5.92 Å². The third-order valence-electron chi connectivity index (χ3n) is 3.95. The summed E-state index contributed by atoms with van der Waals surface area (Å²) in [5.74, 6) is -0.648. The number of rotatable bonds is 6. The number of hydrogen-bond donors (Lipinski definition) is 2. The van der Waals surface area contributed by atoms with Crippen LogP contribution in [0.2, 0.25) is 0 Å². The fraction of sp³-hybridized carbons (Fsp3) is 0.857. The van der Waals surface area contributed by atoms with E-state index < -0.39 is 33.1 Å². The highest BCUT2D eigenvalue weighted by Gasteiger charge is 2.26. The van der Waals surface area contributed by atoms with E-state index in [-0.39, 0.29) is 0 Å². The van der Waals surface area contributed by atoms with Gasteiger partial charge in [-0.15, -0.1) is 0 Å². The van der Waals surface area contributed by atoms with Gasteiger partial charge in [0.05, 0.1) is 10.7 Å². The molecular formula is C14H26FNO3S. The van der Waals surface area contributed by atoms with Crippen LogP contribution in [0.1, 0.15) is 52.4 Å². The second-order valence-corrected chi connectivity index (χ2v) is 8.35. The highest BCUT2D eigenvalue weighted by molar-refractivity contribution is 7.94. The average Bonchev–Trinajstić information content (AvgIpc) is 2.38. The van der Waals surface area contributed by atoms with Gasteiger partial charge in [-0.1, -0.05) is 32.1 Å². The molecule has 20 heavy (non-hydrogen) atoms. The lowest BCUT2D eigenvalue weighted by Gasteiger charge is -2.26. The van der Waals surface area contributed by atoms with Gasteiger partial charge < -0.3 is 10.8 Å². The Hall–Kier alpha value is -0.460. The van der Waals surface area contributed by atoms with Crippen molar-refractivity contribution in [3.63, 3.8) is 0 Å². The van der Waals surface area contributed by atoms with Crippen molar-refractivity contribution in [1.29, 1.82) is 0 Å². The molecule has 0 saturated heterocycles. The molecule has 1 aliphatic carbocycles. The Bertz CT molecular complexity index is 428. The maximum absolute atomic E-state index is 13.8. The molecular weight excluding hydrogens is 281 g/mol. The Balaban J connectivity index is 2.63. The summed E-state index contributed by atoms with van der Waals surface area (Å²) in [6, 6.07) is -0.753. The minimum absolute atomic E-state index is 0.405. The van der Waals surface area contributed by atoms with Gasteiger partial charge in [-0.2, -0.15) is 0 Å². The SMILES string of the molecule is CC(C)S(=O)(=O)/C=C(\F)C(O)C(N)CC1CCCCC1. The van der Waals surface area contributed by atoms with Crippen molar-refractivity contribution in [1.82, 2.24) is 0 Å². The summed E-state index contributed by atoms with van der Waals surface area (Å²) in [6.07, 6.45) is 4.61. The maximum atomic E-state index is 13.8. The number of sulfone groups is 1. The number of hydrogen-bond acceptors (Lipinski definition) is 4. The van der Waals surface area contributed by atoms with Crippen LogP contribution in [0.25, 0.3) is 0 Å². The second-order valence-electron chi connectivity index (χ2n) is 5.99. The van der Waals surface area contributed by atoms with Crippen LogP contribution in [0.3, 0.4) is 0 Å². The third kappa shape index (κ3) is 5.14. The molecule has 0 radical (unpaired) electrons. The van der Waals surface area contributed by atoms with Gasteiger partial charge in [0.1, 0.15) is 11.9 Å². The molecule has 1 saturated carbocycles. The van der Waals surface area contributed by atoms with Gasteiger partial charge in [0.15, 0.2) is 9.84 Å². The minimum atomic E-state index is -3.66. The van der Waals surface area contributed by atoms with Crippen molar-refractivity contribution in [3.8, 4) is 0 Å². The zero-order valence-corrected chi connectivity index (χ0v) is 13.1. The normalized spacial score (nSPS) is 22.0. The molecule has 0 bridgehead atoms. The molecule has 0 aromatic carbocycles. The fourth-order valence-corrected chi connectivity index (χ4v) is 3.23. The minimum Gasteiger partial charge on any atom is -0.384 e. The van der Waals surface area contributed by atoms with Crippen molar-refractivity contribution in [2.45, 2.75) is 69.8 Å². The van der Waals surface area contributed by atoms with Crippen molar-refractivity contribution >= 4 is 9.84 Å². The largest absolute Gasteiger partial charge is 0.384 e. The zero-order valence-electron chi connectivity index (χ0n) is 12.3. The van der Waals surface area contributed by atoms with E-state index >= 15 is 0 Å². The molecule has 0 heterocycles. The van der Waals surface area contributed by atoms with E-state index in [9.17, 15) is 17.9 Å². The van der Waals surface area contributed by atoms with Gasteiger partial charge >= 0.3 is 0 Å². The molecule has 1 fully saturated rings. The maximum Gasteiger partial charge on any atom is 0.176 e. The van der Waals surface area contributed by atoms with Crippen LogP contribution in [0.5, 0.6) is 0 Å². The van der Waals surface area contributed by atoms with Gasteiger partial charge in [0.2, 0.25) is 0 Å². The van der Waals surface area contributed by atoms with E-state index in [4.69, 9.17) is 5.73 Å². The van der Waals surface area contributed by atoms with E-state index in [1.807, 2.05) is 0 Å². The van der Waals surface area contributed by atoms with E-state index in [0.717, 1.165) is 25.7 Å². The number of nitrogens with two attached hydrogens (primary N) is 1. The first-order valence-electron chi connectivity index (χ1n) is 7.28. The highest BCUT2D eigenvalue weighted by Crippen LogP contribution is 2.28. The molecule has 0 amide bonds. The van der Waals surface area contributed by atoms with E-state index in [1.54, 1.807) is 0 Å². The predicted octanol–water partition coefficient (Wildman–Crippen LogP) is 2.28. The Kier molecular flexibility index (Phi) is 6.61. The molecule has 0 aliphatic heterocycles. The van der Waals surface area contributed by atoms with Crippen LogP contribution in [0.15, 0.2) is 11.2 Å². The molecule has 1 rings (SSSR count). The van der Waals surface area contributed by atoms with E-state index in [0.29, 0.717) is 17.7 Å². The molecule has 0 aromatic rings. The lowest BCUT2D eigenvalue weighted by atomic mass is 9.84. The molecule has 2 atom stereocenters. The molecule has 2 unspecified atom stereocenters. The van der Waals surface area contributed by atoms with Crippen molar-refractivity contribution in [2.24, 2.45) is 11.7 Å². The lowest BCUT2D eigenvalue weighted by Crippen LogP contribution is -2.37. The predicted molar refractivity (Wildman–Crippen MR) is 78.4 cm³/mol. The Morgan fingerprint density at radius 3 is 2.40 bits per heavy atom. The molecule has 0 aromatic heterocycles. The summed E-state index contributed by atoms with van der Waals surface area (Å²) in [7, 11) is -3.66. The van der Waals surface area contributed by atoms with Gasteiger partial charge in [0.25, 0.3) is 0 Å². The summed E-state index contributed by atoms with van der Waals surface area (Å²) < 4.78 is 37.0. The Labute approximate surface area is 121 Å². The lowest BCUT2D eigenvalue weighted by molar-refractivity contribution is 0.136. The first-order chi connectivity index (χ1) is 9.24. The first-order valence-corrected chi connectivity index (χ1v) is 8.89. The third-order valence-corrected chi connectivity index (χ3v) is 5.82. The molecule has 6 heteroatoms. The van der Waals surface area contributed by atoms with Crippen LogP contribution in [0.4, 0.5) is 4.39 Å². The molecule has 118 valence electrons. The quantitative estimate of drug-likeness (QED) is 0.789. The standard InChI is InChI=1S/C14H26FNO3S/c1-10(2)20(18,19)9-12(15)14(17)13(16)8-11-6-4-3-5-7-11/h9-11,13-14,17H,3-8,16H2,1-2H3/b12-9-. The van der Waals surface area contributed by atoms with Crippen molar-refractivity contribution in [3.05, 3.63) is 11.2 Å². The molecule has 1 aliphatic rings. The smallest absolute Gasteiger partial charge is 0.176 e. The van der Waals surface area contributed by atoms with Crippen LogP contribution < -0.4 is 5.73 Å². The number of aliphatic hydroxyl groups excluding tert-OH is 1. The zero-order chi connectivity index (χ0) is 15.3. The highest BCUT2D eigenvalue weighted by atomic mass is 32.2. The van der Waals surface area contributed by atoms with Gasteiger partial charge in [-0.05, 0) is 26.2 Å². The van der Waals surface area contributed by atoms with Gasteiger partial charge in [-0.3, -0.25) is 0 Å². The molecule has 4 nitrogen and oxygen atoms in total. The molecule has 3 N–H and O–H groups in total. The Morgan fingerprint density at radius 2 is 1.90 bits per heavy atom. The average molecular weight is 307 g/mol. The molecule has 0 spiro atoms. The van der Waals surface area contributed by atoms with Gasteiger partial charge in [-0.25, -0.2) is 12.8 Å². The van der Waals surface area contributed by atoms with Crippen LogP contribution in [-0.2, 0) is 9.84 Å². The summed E-state index contributed by atoms with van der Waals surface area (Å²) in [5.41, 5.74) is 5.82. The summed E-state index contributed by atoms with van der Waals surface area (Å²) in [6.45, 7) is 2.93. The summed E-state index contributed by atoms with van der Waals surface area (Å²) >= 11 is 0. The summed E-state index contributed by atoms with van der Waals surface area (Å²) in [4.78, 5) is 0. The van der Waals surface area contributed by atoms with Crippen LogP contribution in [-0.4, -0.2) is 30.9 Å². The fourth-order valence-electron chi connectivity index (χ4n) is 2.50. The number of halogens is 1. The monoisotopic (exact) mass is 307 g/mol. The van der Waals surface area contributed by atoms with Gasteiger partial charge in [0, 0.05) is 6.04 Å². The van der Waals surface area contributed by atoms with Crippen LogP contribution >= 0.6 is 0 Å². The Morgan fingerprint density at radius 1 is 1.35 bits per heavy atom. The first kappa shape index (κ1) is 17.6. The van der Waals surface area contributed by atoms with Crippen molar-refractivity contribution < 1.29 is 17.9 Å².